The Kier molecular flexibility index (Phi) is 3.70. The standard InChI is InChI=1S/C15H15ClO/c1-2-15(11-3-7-13(16)8-4-11)12-5-9-14(17)10-6-12/h3-10,15,17H,2H2,1H3. The Morgan fingerprint density at radius 2 is 1.41 bits per heavy atom. The minimum absolute atomic E-state index is 0.305. The molecule has 0 heterocycles. The molecule has 0 spiro atoms. The Bertz CT molecular complexity index is 428. The highest BCUT2D eigenvalue weighted by molar-refractivity contribution is 6.30. The van der Waals surface area contributed by atoms with Crippen LogP contribution in [0.25, 0.3) is 0 Å². The van der Waals surface area contributed by atoms with Gasteiger partial charge >= 0.3 is 0 Å². The van der Waals surface area contributed by atoms with Gasteiger partial charge in [0, 0.05) is 10.9 Å². The van der Waals surface area contributed by atoms with Crippen LogP contribution in [0.15, 0.2) is 48.5 Å². The summed E-state index contributed by atoms with van der Waals surface area (Å²) >= 11 is 5.89. The highest BCUT2D eigenvalue weighted by atomic mass is 35.5. The van der Waals surface area contributed by atoms with Crippen LogP contribution in [-0.2, 0) is 0 Å². The van der Waals surface area contributed by atoms with Gasteiger partial charge in [0.05, 0.1) is 0 Å². The third kappa shape index (κ3) is 2.80. The monoisotopic (exact) mass is 246 g/mol. The van der Waals surface area contributed by atoms with Crippen molar-refractivity contribution in [2.24, 2.45) is 0 Å². The van der Waals surface area contributed by atoms with Gasteiger partial charge in [-0.1, -0.05) is 42.8 Å². The Labute approximate surface area is 107 Å². The maximum absolute atomic E-state index is 9.30. The summed E-state index contributed by atoms with van der Waals surface area (Å²) in [6.07, 6.45) is 1.02. The summed E-state index contributed by atoms with van der Waals surface area (Å²) in [7, 11) is 0. The number of halogens is 1. The lowest BCUT2D eigenvalue weighted by molar-refractivity contribution is 0.475. The fourth-order valence-corrected chi connectivity index (χ4v) is 2.19. The van der Waals surface area contributed by atoms with Crippen molar-refractivity contribution in [3.8, 4) is 5.75 Å². The van der Waals surface area contributed by atoms with E-state index < -0.39 is 0 Å². The maximum atomic E-state index is 9.30. The number of benzene rings is 2. The Balaban J connectivity index is 2.33. The van der Waals surface area contributed by atoms with E-state index in [0.29, 0.717) is 11.7 Å². The summed E-state index contributed by atoms with van der Waals surface area (Å²) in [5, 5.41) is 10.1. The van der Waals surface area contributed by atoms with Gasteiger partial charge in [-0.2, -0.15) is 0 Å². The van der Waals surface area contributed by atoms with E-state index in [0.717, 1.165) is 11.4 Å². The lowest BCUT2D eigenvalue weighted by Crippen LogP contribution is -1.99. The molecule has 0 aliphatic rings. The van der Waals surface area contributed by atoms with Crippen LogP contribution in [0.4, 0.5) is 0 Å². The molecule has 0 fully saturated rings. The molecule has 0 saturated heterocycles. The molecule has 0 bridgehead atoms. The second-order valence-corrected chi connectivity index (χ2v) is 4.54. The van der Waals surface area contributed by atoms with Crippen LogP contribution in [0.1, 0.15) is 30.4 Å². The molecule has 2 rings (SSSR count). The predicted octanol–water partition coefficient (Wildman–Crippen LogP) is 4.59. The van der Waals surface area contributed by atoms with Crippen LogP contribution in [0, 0.1) is 0 Å². The van der Waals surface area contributed by atoms with Crippen LogP contribution in [0.5, 0.6) is 5.75 Å². The van der Waals surface area contributed by atoms with E-state index in [1.165, 1.54) is 11.1 Å². The molecule has 2 aromatic carbocycles. The number of phenolic OH excluding ortho intramolecular Hbond substituents is 1. The van der Waals surface area contributed by atoms with Crippen LogP contribution in [-0.4, -0.2) is 5.11 Å². The van der Waals surface area contributed by atoms with Gasteiger partial charge in [-0.15, -0.1) is 0 Å². The third-order valence-corrected chi connectivity index (χ3v) is 3.23. The Morgan fingerprint density at radius 3 is 1.88 bits per heavy atom. The average molecular weight is 247 g/mol. The lowest BCUT2D eigenvalue weighted by Gasteiger charge is -2.16. The molecule has 1 nitrogen and oxygen atoms in total. The number of hydrogen-bond donors (Lipinski definition) is 1. The molecule has 0 saturated carbocycles. The number of hydrogen-bond acceptors (Lipinski definition) is 1. The Morgan fingerprint density at radius 1 is 0.941 bits per heavy atom. The molecule has 2 heteroatoms. The maximum Gasteiger partial charge on any atom is 0.115 e. The minimum Gasteiger partial charge on any atom is -0.508 e. The van der Waals surface area contributed by atoms with Gasteiger partial charge in [0.25, 0.3) is 0 Å². The van der Waals surface area contributed by atoms with Crippen molar-refractivity contribution in [3.63, 3.8) is 0 Å². The highest BCUT2D eigenvalue weighted by Crippen LogP contribution is 2.29. The molecule has 0 amide bonds. The number of aromatic hydroxyl groups is 1. The van der Waals surface area contributed by atoms with E-state index in [-0.39, 0.29) is 0 Å². The van der Waals surface area contributed by atoms with Gasteiger partial charge in [0.15, 0.2) is 0 Å². The largest absolute Gasteiger partial charge is 0.508 e. The zero-order chi connectivity index (χ0) is 12.3. The average Bonchev–Trinajstić information content (AvgIpc) is 2.35. The molecule has 0 aliphatic carbocycles. The zero-order valence-electron chi connectivity index (χ0n) is 9.73. The first-order valence-electron chi connectivity index (χ1n) is 5.75. The lowest BCUT2D eigenvalue weighted by atomic mass is 9.89. The van der Waals surface area contributed by atoms with Crippen LogP contribution < -0.4 is 0 Å². The molecular formula is C15H15ClO. The van der Waals surface area contributed by atoms with Gasteiger partial charge < -0.3 is 5.11 Å². The smallest absolute Gasteiger partial charge is 0.115 e. The summed E-state index contributed by atoms with van der Waals surface area (Å²) in [4.78, 5) is 0. The molecule has 1 N–H and O–H groups in total. The first-order valence-corrected chi connectivity index (χ1v) is 6.13. The van der Waals surface area contributed by atoms with Crippen molar-refractivity contribution in [2.75, 3.05) is 0 Å². The summed E-state index contributed by atoms with van der Waals surface area (Å²) < 4.78 is 0. The minimum atomic E-state index is 0.305. The topological polar surface area (TPSA) is 20.2 Å². The van der Waals surface area contributed by atoms with E-state index in [1.54, 1.807) is 12.1 Å². The molecule has 0 radical (unpaired) electrons. The van der Waals surface area contributed by atoms with Gasteiger partial charge in [0.1, 0.15) is 5.75 Å². The van der Waals surface area contributed by atoms with E-state index in [1.807, 2.05) is 24.3 Å². The third-order valence-electron chi connectivity index (χ3n) is 2.98. The quantitative estimate of drug-likeness (QED) is 0.840. The SMILES string of the molecule is CCC(c1ccc(O)cc1)c1ccc(Cl)cc1. The van der Waals surface area contributed by atoms with Crippen molar-refractivity contribution in [2.45, 2.75) is 19.3 Å². The van der Waals surface area contributed by atoms with E-state index >= 15 is 0 Å². The molecule has 88 valence electrons. The van der Waals surface area contributed by atoms with Gasteiger partial charge in [-0.05, 0) is 41.8 Å². The number of rotatable bonds is 3. The van der Waals surface area contributed by atoms with Gasteiger partial charge in [0.2, 0.25) is 0 Å². The van der Waals surface area contributed by atoms with Crippen molar-refractivity contribution in [3.05, 3.63) is 64.7 Å². The molecule has 17 heavy (non-hydrogen) atoms. The van der Waals surface area contributed by atoms with Crippen molar-refractivity contribution < 1.29 is 5.11 Å². The molecule has 2 aromatic rings. The fourth-order valence-electron chi connectivity index (χ4n) is 2.07. The fraction of sp³-hybridized carbons (Fsp3) is 0.200. The van der Waals surface area contributed by atoms with E-state index in [2.05, 4.69) is 19.1 Å². The van der Waals surface area contributed by atoms with Crippen LogP contribution in [0.3, 0.4) is 0 Å². The molecule has 1 unspecified atom stereocenters. The van der Waals surface area contributed by atoms with Crippen molar-refractivity contribution >= 4 is 11.6 Å². The predicted molar refractivity (Wildman–Crippen MR) is 71.7 cm³/mol. The molecule has 1 atom stereocenters. The zero-order valence-corrected chi connectivity index (χ0v) is 10.5. The first-order chi connectivity index (χ1) is 8.20. The second-order valence-electron chi connectivity index (χ2n) is 4.10. The molecule has 0 aliphatic heterocycles. The van der Waals surface area contributed by atoms with Crippen molar-refractivity contribution in [1.82, 2.24) is 0 Å². The summed E-state index contributed by atoms with van der Waals surface area (Å²) in [6, 6.07) is 15.4. The normalized spacial score (nSPS) is 12.4. The van der Waals surface area contributed by atoms with Crippen molar-refractivity contribution in [1.29, 1.82) is 0 Å². The number of phenols is 1. The summed E-state index contributed by atoms with van der Waals surface area (Å²) in [5.41, 5.74) is 2.47. The Hall–Kier alpha value is -1.47. The van der Waals surface area contributed by atoms with E-state index in [4.69, 9.17) is 11.6 Å². The first kappa shape index (κ1) is 12.0. The van der Waals surface area contributed by atoms with Crippen LogP contribution >= 0.6 is 11.6 Å². The summed E-state index contributed by atoms with van der Waals surface area (Å²) in [6.45, 7) is 2.16. The highest BCUT2D eigenvalue weighted by Gasteiger charge is 2.11. The molecular weight excluding hydrogens is 232 g/mol. The summed E-state index contributed by atoms with van der Waals surface area (Å²) in [5.74, 6) is 0.660. The van der Waals surface area contributed by atoms with Crippen LogP contribution in [0.2, 0.25) is 5.02 Å². The second kappa shape index (κ2) is 5.24. The van der Waals surface area contributed by atoms with Gasteiger partial charge in [-0.3, -0.25) is 0 Å². The van der Waals surface area contributed by atoms with Gasteiger partial charge in [-0.25, -0.2) is 0 Å². The molecule has 0 aromatic heterocycles. The van der Waals surface area contributed by atoms with E-state index in [9.17, 15) is 5.11 Å².